The van der Waals surface area contributed by atoms with E-state index in [4.69, 9.17) is 37.5 Å². The SMILES string of the molecule is Cc1cc(-c2cc(=O)c3cccc(Cl)c3o2)c(OCCCC(=O)O)cc1Cl. The van der Waals surface area contributed by atoms with Gasteiger partial charge in [0.2, 0.25) is 0 Å². The van der Waals surface area contributed by atoms with E-state index in [9.17, 15) is 9.59 Å². The topological polar surface area (TPSA) is 76.7 Å². The molecule has 3 rings (SSSR count). The lowest BCUT2D eigenvalue weighted by Gasteiger charge is -2.13. The number of carbonyl (C=O) groups is 1. The van der Waals surface area contributed by atoms with Crippen LogP contribution in [0.2, 0.25) is 10.0 Å². The fourth-order valence-electron chi connectivity index (χ4n) is 2.66. The van der Waals surface area contributed by atoms with Gasteiger partial charge in [-0.1, -0.05) is 29.3 Å². The summed E-state index contributed by atoms with van der Waals surface area (Å²) in [7, 11) is 0. The quantitative estimate of drug-likeness (QED) is 0.560. The number of carboxylic acids is 1. The lowest BCUT2D eigenvalue weighted by molar-refractivity contribution is -0.137. The minimum atomic E-state index is -0.893. The Morgan fingerprint density at radius 2 is 1.96 bits per heavy atom. The molecule has 0 aliphatic carbocycles. The van der Waals surface area contributed by atoms with Crippen LogP contribution in [-0.4, -0.2) is 17.7 Å². The average molecular weight is 407 g/mol. The zero-order chi connectivity index (χ0) is 19.6. The first-order chi connectivity index (χ1) is 12.9. The molecule has 0 radical (unpaired) electrons. The van der Waals surface area contributed by atoms with Gasteiger partial charge in [0.25, 0.3) is 0 Å². The van der Waals surface area contributed by atoms with Crippen LogP contribution in [0.5, 0.6) is 5.75 Å². The zero-order valence-electron chi connectivity index (χ0n) is 14.4. The Balaban J connectivity index is 2.06. The molecule has 0 unspecified atom stereocenters. The van der Waals surface area contributed by atoms with E-state index in [1.807, 2.05) is 6.92 Å². The maximum Gasteiger partial charge on any atom is 0.303 e. The summed E-state index contributed by atoms with van der Waals surface area (Å²) < 4.78 is 11.6. The number of hydrogen-bond acceptors (Lipinski definition) is 4. The number of halogens is 2. The van der Waals surface area contributed by atoms with Crippen LogP contribution in [0.1, 0.15) is 18.4 Å². The van der Waals surface area contributed by atoms with E-state index in [0.29, 0.717) is 44.5 Å². The Bertz CT molecular complexity index is 1070. The van der Waals surface area contributed by atoms with Crippen LogP contribution in [0.25, 0.3) is 22.3 Å². The first kappa shape index (κ1) is 19.3. The van der Waals surface area contributed by atoms with Gasteiger partial charge in [-0.25, -0.2) is 0 Å². The van der Waals surface area contributed by atoms with Gasteiger partial charge in [0.05, 0.1) is 22.6 Å². The van der Waals surface area contributed by atoms with Crippen molar-refractivity contribution in [1.82, 2.24) is 0 Å². The number of rotatable bonds is 6. The van der Waals surface area contributed by atoms with E-state index in [-0.39, 0.29) is 18.5 Å². The molecule has 1 aromatic heterocycles. The second-order valence-electron chi connectivity index (χ2n) is 6.03. The van der Waals surface area contributed by atoms with E-state index in [2.05, 4.69) is 0 Å². The highest BCUT2D eigenvalue weighted by Crippen LogP contribution is 2.36. The Labute approximate surface area is 165 Å². The number of fused-ring (bicyclic) bond motifs is 1. The summed E-state index contributed by atoms with van der Waals surface area (Å²) in [5, 5.41) is 9.96. The molecule has 1 N–H and O–H groups in total. The summed E-state index contributed by atoms with van der Waals surface area (Å²) in [6.07, 6.45) is 0.337. The highest BCUT2D eigenvalue weighted by molar-refractivity contribution is 6.34. The van der Waals surface area contributed by atoms with Crippen molar-refractivity contribution in [2.24, 2.45) is 0 Å². The molecule has 0 saturated heterocycles. The Morgan fingerprint density at radius 3 is 2.70 bits per heavy atom. The standard InChI is InChI=1S/C20H16Cl2O5/c1-11-8-13(17(9-15(11)22)26-7-3-6-19(24)25)18-10-16(23)12-4-2-5-14(21)20(12)27-18/h2,4-5,8-10H,3,6-7H2,1H3,(H,24,25). The summed E-state index contributed by atoms with van der Waals surface area (Å²) in [4.78, 5) is 23.1. The first-order valence-electron chi connectivity index (χ1n) is 8.24. The molecule has 0 bridgehead atoms. The molecular weight excluding hydrogens is 391 g/mol. The highest BCUT2D eigenvalue weighted by atomic mass is 35.5. The summed E-state index contributed by atoms with van der Waals surface area (Å²) >= 11 is 12.4. The average Bonchev–Trinajstić information content (AvgIpc) is 2.62. The molecule has 0 spiro atoms. The zero-order valence-corrected chi connectivity index (χ0v) is 15.9. The fourth-order valence-corrected chi connectivity index (χ4v) is 3.02. The van der Waals surface area contributed by atoms with Gasteiger partial charge in [-0.3, -0.25) is 9.59 Å². The van der Waals surface area contributed by atoms with E-state index in [0.717, 1.165) is 5.56 Å². The summed E-state index contributed by atoms with van der Waals surface area (Å²) in [6.45, 7) is 2.02. The van der Waals surface area contributed by atoms with Crippen LogP contribution in [0.15, 0.2) is 45.6 Å². The van der Waals surface area contributed by atoms with Crippen molar-refractivity contribution in [3.05, 3.63) is 62.2 Å². The smallest absolute Gasteiger partial charge is 0.303 e. The van der Waals surface area contributed by atoms with E-state index in [1.54, 1.807) is 30.3 Å². The van der Waals surface area contributed by atoms with Crippen molar-refractivity contribution in [1.29, 1.82) is 0 Å². The fraction of sp³-hybridized carbons (Fsp3) is 0.200. The maximum absolute atomic E-state index is 12.5. The first-order valence-corrected chi connectivity index (χ1v) is 9.00. The maximum atomic E-state index is 12.5. The lowest BCUT2D eigenvalue weighted by Crippen LogP contribution is -2.04. The van der Waals surface area contributed by atoms with Crippen LogP contribution in [-0.2, 0) is 4.79 Å². The summed E-state index contributed by atoms with van der Waals surface area (Å²) in [5.74, 6) is -0.185. The number of aliphatic carboxylic acids is 1. The number of hydrogen-bond donors (Lipinski definition) is 1. The molecule has 1 heterocycles. The normalized spacial score (nSPS) is 10.9. The van der Waals surface area contributed by atoms with Gasteiger partial charge in [-0.2, -0.15) is 0 Å². The molecule has 0 fully saturated rings. The number of aryl methyl sites for hydroxylation is 1. The molecule has 3 aromatic rings. The minimum Gasteiger partial charge on any atom is -0.493 e. The minimum absolute atomic E-state index is 0.00437. The van der Waals surface area contributed by atoms with Gasteiger partial charge in [0.1, 0.15) is 11.5 Å². The summed E-state index contributed by atoms with van der Waals surface area (Å²) in [6, 6.07) is 9.75. The van der Waals surface area contributed by atoms with Crippen molar-refractivity contribution in [3.63, 3.8) is 0 Å². The van der Waals surface area contributed by atoms with Crippen LogP contribution in [0, 0.1) is 6.92 Å². The molecule has 0 atom stereocenters. The summed E-state index contributed by atoms with van der Waals surface area (Å²) in [5.41, 5.74) is 1.40. The molecule has 0 saturated carbocycles. The van der Waals surface area contributed by atoms with Gasteiger partial charge in [0.15, 0.2) is 11.0 Å². The van der Waals surface area contributed by atoms with Crippen LogP contribution < -0.4 is 10.2 Å². The molecule has 140 valence electrons. The molecule has 0 amide bonds. The monoisotopic (exact) mass is 406 g/mol. The molecule has 0 aliphatic rings. The van der Waals surface area contributed by atoms with Gasteiger partial charge in [-0.15, -0.1) is 0 Å². The second kappa shape index (κ2) is 8.03. The predicted octanol–water partition coefficient (Wildman–Crippen LogP) is 5.32. The van der Waals surface area contributed by atoms with Crippen molar-refractivity contribution < 1.29 is 19.1 Å². The van der Waals surface area contributed by atoms with Crippen molar-refractivity contribution in [3.8, 4) is 17.1 Å². The Morgan fingerprint density at radius 1 is 1.19 bits per heavy atom. The van der Waals surface area contributed by atoms with Crippen molar-refractivity contribution in [2.75, 3.05) is 6.61 Å². The molecule has 2 aromatic carbocycles. The highest BCUT2D eigenvalue weighted by Gasteiger charge is 2.15. The molecule has 5 nitrogen and oxygen atoms in total. The van der Waals surface area contributed by atoms with Crippen LogP contribution >= 0.6 is 23.2 Å². The molecule has 0 aliphatic heterocycles. The second-order valence-corrected chi connectivity index (χ2v) is 6.85. The van der Waals surface area contributed by atoms with Gasteiger partial charge in [-0.05, 0) is 43.2 Å². The van der Waals surface area contributed by atoms with E-state index < -0.39 is 5.97 Å². The third kappa shape index (κ3) is 4.26. The number of ether oxygens (including phenoxy) is 1. The lowest BCUT2D eigenvalue weighted by atomic mass is 10.1. The van der Waals surface area contributed by atoms with Gasteiger partial charge in [0, 0.05) is 17.5 Å². The van der Waals surface area contributed by atoms with E-state index in [1.165, 1.54) is 6.07 Å². The number of carboxylic acid groups (broad SMARTS) is 1. The van der Waals surface area contributed by atoms with E-state index >= 15 is 0 Å². The molecular formula is C20H16Cl2O5. The largest absolute Gasteiger partial charge is 0.493 e. The van der Waals surface area contributed by atoms with Crippen molar-refractivity contribution in [2.45, 2.75) is 19.8 Å². The molecule has 27 heavy (non-hydrogen) atoms. The Kier molecular flexibility index (Phi) is 5.73. The third-order valence-corrected chi connectivity index (χ3v) is 4.73. The van der Waals surface area contributed by atoms with Crippen molar-refractivity contribution >= 4 is 40.1 Å². The van der Waals surface area contributed by atoms with Gasteiger partial charge >= 0.3 is 5.97 Å². The van der Waals surface area contributed by atoms with Crippen LogP contribution in [0.4, 0.5) is 0 Å². The Hall–Kier alpha value is -2.50. The number of para-hydroxylation sites is 1. The third-order valence-electron chi connectivity index (χ3n) is 4.03. The molecule has 7 heteroatoms. The van der Waals surface area contributed by atoms with Gasteiger partial charge < -0.3 is 14.3 Å². The predicted molar refractivity (Wildman–Crippen MR) is 105 cm³/mol. The number of benzene rings is 2. The van der Waals surface area contributed by atoms with Crippen LogP contribution in [0.3, 0.4) is 0 Å².